The van der Waals surface area contributed by atoms with Gasteiger partial charge >= 0.3 is 0 Å². The first kappa shape index (κ1) is 15.1. The molecular weight excluding hydrogens is 262 g/mol. The Morgan fingerprint density at radius 1 is 1.05 bits per heavy atom. The van der Waals surface area contributed by atoms with Gasteiger partial charge in [-0.25, -0.2) is 0 Å². The fourth-order valence-electron chi connectivity index (χ4n) is 2.57. The largest absolute Gasteiger partial charge is 0.306 e. The summed E-state index contributed by atoms with van der Waals surface area (Å²) in [7, 11) is 0. The van der Waals surface area contributed by atoms with Crippen molar-refractivity contribution in [3.05, 3.63) is 64.7 Å². The molecule has 0 aliphatic carbocycles. The SMILES string of the molecule is CCNC(c1cc(C)ccc1C)c1ccccc1SC. The summed E-state index contributed by atoms with van der Waals surface area (Å²) < 4.78 is 0. The Hall–Kier alpha value is -1.25. The highest BCUT2D eigenvalue weighted by molar-refractivity contribution is 7.98. The molecule has 20 heavy (non-hydrogen) atoms. The third kappa shape index (κ3) is 3.25. The monoisotopic (exact) mass is 285 g/mol. The summed E-state index contributed by atoms with van der Waals surface area (Å²) in [5.74, 6) is 0. The van der Waals surface area contributed by atoms with Crippen molar-refractivity contribution in [2.45, 2.75) is 31.7 Å². The second-order valence-corrected chi connectivity index (χ2v) is 5.94. The van der Waals surface area contributed by atoms with Crippen LogP contribution in [0.3, 0.4) is 0 Å². The molecule has 106 valence electrons. The lowest BCUT2D eigenvalue weighted by Gasteiger charge is -2.23. The molecule has 2 aromatic carbocycles. The van der Waals surface area contributed by atoms with Crippen LogP contribution in [-0.4, -0.2) is 12.8 Å². The highest BCUT2D eigenvalue weighted by atomic mass is 32.2. The van der Waals surface area contributed by atoms with Crippen LogP contribution in [0.5, 0.6) is 0 Å². The van der Waals surface area contributed by atoms with Crippen molar-refractivity contribution in [1.29, 1.82) is 0 Å². The molecule has 0 heterocycles. The van der Waals surface area contributed by atoms with Gasteiger partial charge in [-0.15, -0.1) is 11.8 Å². The summed E-state index contributed by atoms with van der Waals surface area (Å²) in [4.78, 5) is 1.35. The normalized spacial score (nSPS) is 12.4. The molecule has 2 aromatic rings. The topological polar surface area (TPSA) is 12.0 Å². The van der Waals surface area contributed by atoms with E-state index in [4.69, 9.17) is 0 Å². The Labute approximate surface area is 126 Å². The molecule has 0 aromatic heterocycles. The third-order valence-corrected chi connectivity index (χ3v) is 4.42. The van der Waals surface area contributed by atoms with Gasteiger partial charge in [0.05, 0.1) is 6.04 Å². The van der Waals surface area contributed by atoms with Gasteiger partial charge in [-0.2, -0.15) is 0 Å². The van der Waals surface area contributed by atoms with Crippen LogP contribution in [0.4, 0.5) is 0 Å². The molecule has 1 unspecified atom stereocenters. The van der Waals surface area contributed by atoms with Gasteiger partial charge < -0.3 is 5.32 Å². The molecule has 2 rings (SSSR count). The van der Waals surface area contributed by atoms with Gasteiger partial charge in [-0.05, 0) is 49.4 Å². The summed E-state index contributed by atoms with van der Waals surface area (Å²) >= 11 is 1.81. The lowest BCUT2D eigenvalue weighted by atomic mass is 9.93. The molecule has 0 bridgehead atoms. The predicted octanol–water partition coefficient (Wildman–Crippen LogP) is 4.72. The maximum atomic E-state index is 3.64. The van der Waals surface area contributed by atoms with E-state index in [9.17, 15) is 0 Å². The first-order chi connectivity index (χ1) is 9.67. The van der Waals surface area contributed by atoms with E-state index < -0.39 is 0 Å². The number of aryl methyl sites for hydroxylation is 2. The first-order valence-electron chi connectivity index (χ1n) is 7.10. The molecule has 0 saturated heterocycles. The number of hydrogen-bond donors (Lipinski definition) is 1. The number of nitrogens with one attached hydrogen (secondary N) is 1. The lowest BCUT2D eigenvalue weighted by Crippen LogP contribution is -2.23. The smallest absolute Gasteiger partial charge is 0.0590 e. The van der Waals surface area contributed by atoms with Gasteiger partial charge in [0.2, 0.25) is 0 Å². The summed E-state index contributed by atoms with van der Waals surface area (Å²) in [5.41, 5.74) is 5.41. The first-order valence-corrected chi connectivity index (χ1v) is 8.33. The quantitative estimate of drug-likeness (QED) is 0.797. The second kappa shape index (κ2) is 6.96. The average molecular weight is 285 g/mol. The second-order valence-electron chi connectivity index (χ2n) is 5.09. The molecule has 2 heteroatoms. The lowest BCUT2D eigenvalue weighted by molar-refractivity contribution is 0.619. The highest BCUT2D eigenvalue weighted by Crippen LogP contribution is 2.32. The number of thioether (sulfide) groups is 1. The molecule has 1 nitrogen and oxygen atoms in total. The van der Waals surface area contributed by atoms with E-state index in [1.165, 1.54) is 27.1 Å². The molecule has 1 atom stereocenters. The van der Waals surface area contributed by atoms with E-state index in [0.717, 1.165) is 6.54 Å². The standard InChI is InChI=1S/C18H23NS/c1-5-19-18(15-8-6-7-9-17(15)20-4)16-12-13(2)10-11-14(16)3/h6-12,18-19H,5H2,1-4H3. The Morgan fingerprint density at radius 3 is 2.50 bits per heavy atom. The predicted molar refractivity (Wildman–Crippen MR) is 89.7 cm³/mol. The van der Waals surface area contributed by atoms with Crippen molar-refractivity contribution in [1.82, 2.24) is 5.32 Å². The summed E-state index contributed by atoms with van der Waals surface area (Å²) in [5, 5.41) is 3.64. The van der Waals surface area contributed by atoms with E-state index in [2.05, 4.69) is 74.8 Å². The average Bonchev–Trinajstić information content (AvgIpc) is 2.47. The van der Waals surface area contributed by atoms with Crippen LogP contribution in [0.2, 0.25) is 0 Å². The van der Waals surface area contributed by atoms with E-state index in [1.54, 1.807) is 0 Å². The van der Waals surface area contributed by atoms with Gasteiger partial charge in [-0.3, -0.25) is 0 Å². The number of benzene rings is 2. The Balaban J connectivity index is 2.53. The van der Waals surface area contributed by atoms with Gasteiger partial charge in [0.25, 0.3) is 0 Å². The molecule has 0 saturated carbocycles. The van der Waals surface area contributed by atoms with Gasteiger partial charge in [-0.1, -0.05) is 48.9 Å². The Kier molecular flexibility index (Phi) is 5.27. The van der Waals surface area contributed by atoms with Crippen molar-refractivity contribution in [3.63, 3.8) is 0 Å². The molecular formula is C18H23NS. The molecule has 0 fully saturated rings. The van der Waals surface area contributed by atoms with Crippen LogP contribution < -0.4 is 5.32 Å². The van der Waals surface area contributed by atoms with Crippen LogP contribution in [0.15, 0.2) is 47.4 Å². The number of hydrogen-bond acceptors (Lipinski definition) is 2. The van der Waals surface area contributed by atoms with Crippen LogP contribution in [0.1, 0.15) is 35.2 Å². The molecule has 0 aliphatic heterocycles. The highest BCUT2D eigenvalue weighted by Gasteiger charge is 2.17. The van der Waals surface area contributed by atoms with Crippen LogP contribution in [0.25, 0.3) is 0 Å². The zero-order valence-corrected chi connectivity index (χ0v) is 13.6. The molecule has 0 aliphatic rings. The maximum absolute atomic E-state index is 3.64. The molecule has 0 spiro atoms. The number of rotatable bonds is 5. The van der Waals surface area contributed by atoms with Crippen molar-refractivity contribution >= 4 is 11.8 Å². The third-order valence-electron chi connectivity index (χ3n) is 3.60. The van der Waals surface area contributed by atoms with Gasteiger partial charge in [0, 0.05) is 4.90 Å². The van der Waals surface area contributed by atoms with Crippen LogP contribution in [0, 0.1) is 13.8 Å². The maximum Gasteiger partial charge on any atom is 0.0590 e. The molecule has 1 N–H and O–H groups in total. The van der Waals surface area contributed by atoms with E-state index >= 15 is 0 Å². The van der Waals surface area contributed by atoms with Crippen molar-refractivity contribution in [2.75, 3.05) is 12.8 Å². The fourth-order valence-corrected chi connectivity index (χ4v) is 3.20. The van der Waals surface area contributed by atoms with Gasteiger partial charge in [0.15, 0.2) is 0 Å². The Morgan fingerprint density at radius 2 is 1.80 bits per heavy atom. The van der Waals surface area contributed by atoms with Crippen LogP contribution in [-0.2, 0) is 0 Å². The van der Waals surface area contributed by atoms with Crippen LogP contribution >= 0.6 is 11.8 Å². The molecule has 0 radical (unpaired) electrons. The van der Waals surface area contributed by atoms with Crippen molar-refractivity contribution < 1.29 is 0 Å². The summed E-state index contributed by atoms with van der Waals surface area (Å²) in [6, 6.07) is 15.7. The summed E-state index contributed by atoms with van der Waals surface area (Å²) in [6.07, 6.45) is 2.14. The van der Waals surface area contributed by atoms with E-state index in [-0.39, 0.29) is 6.04 Å². The van der Waals surface area contributed by atoms with Gasteiger partial charge in [0.1, 0.15) is 0 Å². The van der Waals surface area contributed by atoms with Crippen molar-refractivity contribution in [2.24, 2.45) is 0 Å². The van der Waals surface area contributed by atoms with Crippen molar-refractivity contribution in [3.8, 4) is 0 Å². The Bertz CT molecular complexity index is 577. The van der Waals surface area contributed by atoms with E-state index in [0.29, 0.717) is 0 Å². The minimum atomic E-state index is 0.267. The fraction of sp³-hybridized carbons (Fsp3) is 0.333. The molecule has 0 amide bonds. The minimum absolute atomic E-state index is 0.267. The zero-order valence-electron chi connectivity index (χ0n) is 12.7. The zero-order chi connectivity index (χ0) is 14.5. The van der Waals surface area contributed by atoms with E-state index in [1.807, 2.05) is 11.8 Å². The minimum Gasteiger partial charge on any atom is -0.306 e. The summed E-state index contributed by atoms with van der Waals surface area (Å²) in [6.45, 7) is 7.48.